The summed E-state index contributed by atoms with van der Waals surface area (Å²) in [6.45, 7) is 3.89. The molecular formula is C12H16N2O3S2. The normalized spacial score (nSPS) is 11.5. The molecule has 0 saturated heterocycles. The van der Waals surface area contributed by atoms with Gasteiger partial charge in [-0.15, -0.1) is 22.7 Å². The van der Waals surface area contributed by atoms with Crippen LogP contribution in [0.1, 0.15) is 21.1 Å². The smallest absolute Gasteiger partial charge is 0.156 e. The first-order valence-electron chi connectivity index (χ1n) is 5.91. The predicted octanol–water partition coefficient (Wildman–Crippen LogP) is 1.27. The number of aliphatic hydroxyl groups is 3. The van der Waals surface area contributed by atoms with Gasteiger partial charge in [0.05, 0.1) is 11.4 Å². The van der Waals surface area contributed by atoms with Crippen molar-refractivity contribution in [3.8, 4) is 10.0 Å². The van der Waals surface area contributed by atoms with Gasteiger partial charge < -0.3 is 15.3 Å². The monoisotopic (exact) mass is 300 g/mol. The van der Waals surface area contributed by atoms with Crippen LogP contribution in [-0.4, -0.2) is 38.2 Å². The molecule has 0 bridgehead atoms. The Labute approximate surface area is 119 Å². The van der Waals surface area contributed by atoms with E-state index in [9.17, 15) is 0 Å². The number of hydrogen-bond acceptors (Lipinski definition) is 7. The van der Waals surface area contributed by atoms with Crippen molar-refractivity contribution >= 4 is 22.7 Å². The summed E-state index contributed by atoms with van der Waals surface area (Å²) < 4.78 is 0. The third-order valence-electron chi connectivity index (χ3n) is 2.68. The molecule has 19 heavy (non-hydrogen) atoms. The molecule has 0 aliphatic heterocycles. The van der Waals surface area contributed by atoms with Gasteiger partial charge in [-0.05, 0) is 13.8 Å². The Morgan fingerprint density at radius 2 is 1.53 bits per heavy atom. The van der Waals surface area contributed by atoms with Crippen molar-refractivity contribution in [2.75, 3.05) is 6.61 Å². The van der Waals surface area contributed by atoms with E-state index in [-0.39, 0.29) is 13.0 Å². The van der Waals surface area contributed by atoms with Crippen LogP contribution in [0.4, 0.5) is 0 Å². The lowest BCUT2D eigenvalue weighted by Gasteiger charge is -1.99. The molecule has 0 aliphatic rings. The first-order valence-corrected chi connectivity index (χ1v) is 7.54. The second-order valence-corrected chi connectivity index (χ2v) is 6.38. The lowest BCUT2D eigenvalue weighted by Crippen LogP contribution is -2.07. The van der Waals surface area contributed by atoms with Crippen molar-refractivity contribution in [2.45, 2.75) is 33.0 Å². The number of nitrogens with zero attached hydrogens (tertiary/aromatic N) is 2. The minimum Gasteiger partial charge on any atom is -0.396 e. The van der Waals surface area contributed by atoms with Gasteiger partial charge in [-0.25, -0.2) is 9.97 Å². The Kier molecular flexibility index (Phi) is 4.64. The van der Waals surface area contributed by atoms with Crippen LogP contribution in [0.25, 0.3) is 10.0 Å². The summed E-state index contributed by atoms with van der Waals surface area (Å²) in [6, 6.07) is 0. The average molecular weight is 300 g/mol. The van der Waals surface area contributed by atoms with E-state index in [1.165, 1.54) is 22.7 Å². The molecule has 2 aromatic rings. The van der Waals surface area contributed by atoms with Crippen LogP contribution in [0.5, 0.6) is 0 Å². The molecule has 3 N–H and O–H groups in total. The molecule has 0 aliphatic carbocycles. The highest BCUT2D eigenvalue weighted by Crippen LogP contribution is 2.33. The molecule has 7 heteroatoms. The van der Waals surface area contributed by atoms with Gasteiger partial charge in [0, 0.05) is 29.2 Å². The molecule has 0 unspecified atom stereocenters. The first-order chi connectivity index (χ1) is 9.01. The Hall–Kier alpha value is -0.860. The van der Waals surface area contributed by atoms with Gasteiger partial charge in [0.25, 0.3) is 0 Å². The third-order valence-corrected chi connectivity index (χ3v) is 5.21. The molecule has 5 nitrogen and oxygen atoms in total. The molecule has 0 spiro atoms. The summed E-state index contributed by atoms with van der Waals surface area (Å²) in [4.78, 5) is 10.8. The van der Waals surface area contributed by atoms with Crippen LogP contribution < -0.4 is 0 Å². The molecule has 2 aromatic heterocycles. The zero-order valence-electron chi connectivity index (χ0n) is 10.8. The highest BCUT2D eigenvalue weighted by molar-refractivity contribution is 7.21. The van der Waals surface area contributed by atoms with Gasteiger partial charge in [-0.2, -0.15) is 0 Å². The standard InChI is InChI=1S/C12H16N2O3S2/c1-6-8(3-4-15)18-11(13-6)12-14-7(2)9(19-12)5-10(16)17/h10,15-17H,3-5H2,1-2H3. The minimum atomic E-state index is -1.35. The van der Waals surface area contributed by atoms with Crippen molar-refractivity contribution in [3.05, 3.63) is 21.1 Å². The number of rotatable bonds is 5. The highest BCUT2D eigenvalue weighted by atomic mass is 32.1. The first kappa shape index (κ1) is 14.5. The topological polar surface area (TPSA) is 86.5 Å². The van der Waals surface area contributed by atoms with E-state index < -0.39 is 6.29 Å². The van der Waals surface area contributed by atoms with Crippen LogP contribution in [0, 0.1) is 13.8 Å². The van der Waals surface area contributed by atoms with Crippen molar-refractivity contribution in [2.24, 2.45) is 0 Å². The fraction of sp³-hybridized carbons (Fsp3) is 0.500. The van der Waals surface area contributed by atoms with Crippen LogP contribution in [0.15, 0.2) is 0 Å². The summed E-state index contributed by atoms with van der Waals surface area (Å²) >= 11 is 2.97. The zero-order chi connectivity index (χ0) is 14.0. The Bertz CT molecular complexity index is 563. The maximum Gasteiger partial charge on any atom is 0.156 e. The maximum absolute atomic E-state index is 9.02. The van der Waals surface area contributed by atoms with Gasteiger partial charge >= 0.3 is 0 Å². The van der Waals surface area contributed by atoms with Gasteiger partial charge in [0.1, 0.15) is 0 Å². The lowest BCUT2D eigenvalue weighted by atomic mass is 10.3. The van der Waals surface area contributed by atoms with Crippen molar-refractivity contribution < 1.29 is 15.3 Å². The largest absolute Gasteiger partial charge is 0.396 e. The van der Waals surface area contributed by atoms with Gasteiger partial charge in [-0.3, -0.25) is 0 Å². The Balaban J connectivity index is 2.29. The average Bonchev–Trinajstić information content (AvgIpc) is 2.85. The van der Waals surface area contributed by atoms with E-state index in [0.717, 1.165) is 31.2 Å². The predicted molar refractivity (Wildman–Crippen MR) is 75.4 cm³/mol. The van der Waals surface area contributed by atoms with Gasteiger partial charge in [-0.1, -0.05) is 0 Å². The summed E-state index contributed by atoms with van der Waals surface area (Å²) in [7, 11) is 0. The van der Waals surface area contributed by atoms with Crippen molar-refractivity contribution in [1.29, 1.82) is 0 Å². The number of aromatic nitrogens is 2. The van der Waals surface area contributed by atoms with Crippen LogP contribution in [0.2, 0.25) is 0 Å². The number of thiazole rings is 2. The molecule has 2 heterocycles. The molecular weight excluding hydrogens is 284 g/mol. The molecule has 0 saturated carbocycles. The molecule has 0 radical (unpaired) electrons. The Morgan fingerprint density at radius 3 is 2.05 bits per heavy atom. The summed E-state index contributed by atoms with van der Waals surface area (Å²) in [6.07, 6.45) is -0.553. The summed E-state index contributed by atoms with van der Waals surface area (Å²) in [5.74, 6) is 0. The van der Waals surface area contributed by atoms with Crippen molar-refractivity contribution in [3.63, 3.8) is 0 Å². The number of aliphatic hydroxyl groups excluding tert-OH is 2. The maximum atomic E-state index is 9.02. The van der Waals surface area contributed by atoms with Crippen LogP contribution in [0.3, 0.4) is 0 Å². The number of hydrogen-bond donors (Lipinski definition) is 3. The molecule has 0 atom stereocenters. The van der Waals surface area contributed by atoms with Crippen LogP contribution >= 0.6 is 22.7 Å². The molecule has 104 valence electrons. The van der Waals surface area contributed by atoms with E-state index in [2.05, 4.69) is 9.97 Å². The summed E-state index contributed by atoms with van der Waals surface area (Å²) in [5, 5.41) is 28.6. The zero-order valence-corrected chi connectivity index (χ0v) is 12.4. The quantitative estimate of drug-likeness (QED) is 0.724. The van der Waals surface area contributed by atoms with E-state index >= 15 is 0 Å². The van der Waals surface area contributed by atoms with Gasteiger partial charge in [0.2, 0.25) is 0 Å². The second-order valence-electron chi connectivity index (χ2n) is 4.21. The van der Waals surface area contributed by atoms with Crippen LogP contribution in [-0.2, 0) is 12.8 Å². The number of aryl methyl sites for hydroxylation is 2. The van der Waals surface area contributed by atoms with Gasteiger partial charge in [0.15, 0.2) is 16.3 Å². The minimum absolute atomic E-state index is 0.112. The molecule has 0 fully saturated rings. The highest BCUT2D eigenvalue weighted by Gasteiger charge is 2.16. The SMILES string of the molecule is Cc1nc(-c2nc(C)c(CC(O)O)s2)sc1CCO. The fourth-order valence-electron chi connectivity index (χ4n) is 1.73. The second kappa shape index (κ2) is 6.06. The van der Waals surface area contributed by atoms with E-state index in [1.807, 2.05) is 13.8 Å². The molecule has 0 amide bonds. The third kappa shape index (κ3) is 3.37. The summed E-state index contributed by atoms with van der Waals surface area (Å²) in [5.41, 5.74) is 1.73. The molecule has 0 aromatic carbocycles. The van der Waals surface area contributed by atoms with E-state index in [0.29, 0.717) is 6.42 Å². The fourth-order valence-corrected chi connectivity index (χ4v) is 3.89. The Morgan fingerprint density at radius 1 is 1.00 bits per heavy atom. The van der Waals surface area contributed by atoms with E-state index in [1.54, 1.807) is 0 Å². The lowest BCUT2D eigenvalue weighted by molar-refractivity contribution is -0.0377. The van der Waals surface area contributed by atoms with Crippen molar-refractivity contribution in [1.82, 2.24) is 9.97 Å². The van der Waals surface area contributed by atoms with E-state index in [4.69, 9.17) is 15.3 Å². The molecule has 2 rings (SSSR count).